The average molecular weight is 289 g/mol. The largest absolute Gasteiger partial charge is 0.477 e. The molecule has 1 saturated carbocycles. The molecule has 1 aromatic heterocycles. The summed E-state index contributed by atoms with van der Waals surface area (Å²) in [5.74, 6) is -0.668. The topological polar surface area (TPSA) is 83.5 Å². The lowest BCUT2D eigenvalue weighted by Gasteiger charge is -2.03. The van der Waals surface area contributed by atoms with Crippen molar-refractivity contribution in [2.75, 3.05) is 0 Å². The van der Waals surface area contributed by atoms with Crippen molar-refractivity contribution in [2.24, 2.45) is 5.92 Å². The second-order valence-electron chi connectivity index (χ2n) is 4.46. The molecule has 2 unspecified atom stereocenters. The normalized spacial score (nSPS) is 22.9. The molecule has 0 radical (unpaired) electrons. The summed E-state index contributed by atoms with van der Waals surface area (Å²) in [7, 11) is -3.56. The molecule has 0 saturated heterocycles. The van der Waals surface area contributed by atoms with Crippen LogP contribution in [0.25, 0.3) is 0 Å². The molecule has 0 aromatic carbocycles. The molecule has 0 spiro atoms. The first-order chi connectivity index (χ1) is 8.44. The molecular weight excluding hydrogens is 274 g/mol. The number of nitrogens with one attached hydrogen (secondary N) is 1. The van der Waals surface area contributed by atoms with Crippen molar-refractivity contribution in [3.8, 4) is 0 Å². The lowest BCUT2D eigenvalue weighted by molar-refractivity contribution is 0.0702. The second-order valence-corrected chi connectivity index (χ2v) is 7.09. The third kappa shape index (κ3) is 2.90. The van der Waals surface area contributed by atoms with Gasteiger partial charge < -0.3 is 5.11 Å². The van der Waals surface area contributed by atoms with Crippen molar-refractivity contribution in [1.29, 1.82) is 0 Å². The van der Waals surface area contributed by atoms with Gasteiger partial charge >= 0.3 is 5.97 Å². The first kappa shape index (κ1) is 13.5. The van der Waals surface area contributed by atoms with Gasteiger partial charge in [-0.05, 0) is 24.8 Å². The lowest BCUT2D eigenvalue weighted by Crippen LogP contribution is -2.26. The van der Waals surface area contributed by atoms with Gasteiger partial charge in [0.05, 0.1) is 4.90 Å². The van der Waals surface area contributed by atoms with Gasteiger partial charge in [-0.3, -0.25) is 0 Å². The predicted octanol–water partition coefficient (Wildman–Crippen LogP) is 1.91. The van der Waals surface area contributed by atoms with E-state index >= 15 is 0 Å². The Morgan fingerprint density at radius 2 is 2.33 bits per heavy atom. The maximum absolute atomic E-state index is 12.0. The van der Waals surface area contributed by atoms with Gasteiger partial charge in [0.25, 0.3) is 0 Å². The molecule has 1 aliphatic rings. The van der Waals surface area contributed by atoms with Crippen molar-refractivity contribution in [3.63, 3.8) is 0 Å². The Morgan fingerprint density at radius 1 is 1.61 bits per heavy atom. The Balaban J connectivity index is 2.04. The number of carboxylic acids is 1. The van der Waals surface area contributed by atoms with E-state index in [0.717, 1.165) is 30.6 Å². The summed E-state index contributed by atoms with van der Waals surface area (Å²) in [4.78, 5) is 10.8. The highest BCUT2D eigenvalue weighted by Crippen LogP contribution is 2.36. The third-order valence-corrected chi connectivity index (χ3v) is 5.52. The lowest BCUT2D eigenvalue weighted by atomic mass is 10.2. The van der Waals surface area contributed by atoms with Crippen LogP contribution in [0.5, 0.6) is 0 Å². The molecule has 7 heteroatoms. The van der Waals surface area contributed by atoms with Gasteiger partial charge in [-0.2, -0.15) is 0 Å². The van der Waals surface area contributed by atoms with Gasteiger partial charge in [-0.1, -0.05) is 13.3 Å². The Morgan fingerprint density at radius 3 is 2.89 bits per heavy atom. The highest BCUT2D eigenvalue weighted by Gasteiger charge is 2.39. The number of rotatable bonds is 6. The molecular formula is C11H15NO4S2. The van der Waals surface area contributed by atoms with Crippen molar-refractivity contribution in [3.05, 3.63) is 16.3 Å². The molecule has 0 aliphatic heterocycles. The number of carbonyl (C=O) groups is 1. The van der Waals surface area contributed by atoms with Crippen LogP contribution in [0.3, 0.4) is 0 Å². The number of hydrogen-bond acceptors (Lipinski definition) is 4. The van der Waals surface area contributed by atoms with Crippen LogP contribution in [0.4, 0.5) is 0 Å². The predicted molar refractivity (Wildman–Crippen MR) is 68.4 cm³/mol. The van der Waals surface area contributed by atoms with E-state index in [1.807, 2.05) is 0 Å². The molecule has 2 N–H and O–H groups in total. The first-order valence-corrected chi connectivity index (χ1v) is 8.14. The van der Waals surface area contributed by atoms with Crippen LogP contribution in [0, 0.1) is 5.92 Å². The molecule has 5 nitrogen and oxygen atoms in total. The van der Waals surface area contributed by atoms with Crippen LogP contribution in [0.15, 0.2) is 16.3 Å². The quantitative estimate of drug-likeness (QED) is 0.838. The summed E-state index contributed by atoms with van der Waals surface area (Å²) in [6, 6.07) is 1.22. The van der Waals surface area contributed by atoms with Crippen molar-refractivity contribution in [1.82, 2.24) is 4.72 Å². The summed E-state index contributed by atoms with van der Waals surface area (Å²) < 4.78 is 26.6. The maximum Gasteiger partial charge on any atom is 0.345 e. The molecule has 1 fully saturated rings. The molecule has 1 aliphatic carbocycles. The summed E-state index contributed by atoms with van der Waals surface area (Å²) in [6.45, 7) is 2.07. The summed E-state index contributed by atoms with van der Waals surface area (Å²) >= 11 is 0.924. The minimum Gasteiger partial charge on any atom is -0.477 e. The van der Waals surface area contributed by atoms with Crippen LogP contribution in [0.1, 0.15) is 35.9 Å². The standard InChI is InChI=1S/C11H15NO4S2/c1-2-3-7-4-9(7)12-18(15,16)8-5-10(11(13)14)17-6-8/h5-7,9,12H,2-4H2,1H3,(H,13,14). The number of thiophene rings is 1. The van der Waals surface area contributed by atoms with Crippen LogP contribution in [-0.4, -0.2) is 25.5 Å². The Hall–Kier alpha value is -0.920. The number of sulfonamides is 1. The van der Waals surface area contributed by atoms with Gasteiger partial charge in [0.1, 0.15) is 4.88 Å². The molecule has 18 heavy (non-hydrogen) atoms. The summed E-state index contributed by atoms with van der Waals surface area (Å²) in [6.07, 6.45) is 2.95. The van der Waals surface area contributed by atoms with E-state index < -0.39 is 16.0 Å². The van der Waals surface area contributed by atoms with Gasteiger partial charge in [0.15, 0.2) is 0 Å². The molecule has 1 heterocycles. The van der Waals surface area contributed by atoms with Crippen molar-refractivity contribution in [2.45, 2.75) is 37.1 Å². The third-order valence-electron chi connectivity index (χ3n) is 2.99. The van der Waals surface area contributed by atoms with Gasteiger partial charge in [0.2, 0.25) is 10.0 Å². The molecule has 100 valence electrons. The van der Waals surface area contributed by atoms with Gasteiger partial charge in [-0.25, -0.2) is 17.9 Å². The molecule has 2 rings (SSSR count). The maximum atomic E-state index is 12.0. The van der Waals surface area contributed by atoms with E-state index in [9.17, 15) is 13.2 Å². The smallest absolute Gasteiger partial charge is 0.345 e. The van der Waals surface area contributed by atoms with Gasteiger partial charge in [0, 0.05) is 11.4 Å². The van der Waals surface area contributed by atoms with Crippen molar-refractivity contribution < 1.29 is 18.3 Å². The highest BCUT2D eigenvalue weighted by atomic mass is 32.2. The minimum absolute atomic E-state index is 0.0168. The zero-order valence-electron chi connectivity index (χ0n) is 9.92. The molecule has 1 aromatic rings. The number of carboxylic acid groups (broad SMARTS) is 1. The van der Waals surface area contributed by atoms with E-state index in [4.69, 9.17) is 5.11 Å². The monoisotopic (exact) mass is 289 g/mol. The van der Waals surface area contributed by atoms with E-state index in [-0.39, 0.29) is 15.8 Å². The fourth-order valence-electron chi connectivity index (χ4n) is 1.92. The van der Waals surface area contributed by atoms with Crippen LogP contribution in [-0.2, 0) is 10.0 Å². The van der Waals surface area contributed by atoms with Crippen LogP contribution >= 0.6 is 11.3 Å². The Labute approximate surface area is 110 Å². The molecule has 2 atom stereocenters. The molecule has 0 bridgehead atoms. The van der Waals surface area contributed by atoms with Crippen LogP contribution < -0.4 is 4.72 Å². The zero-order chi connectivity index (χ0) is 13.3. The molecule has 0 amide bonds. The first-order valence-electron chi connectivity index (χ1n) is 5.78. The van der Waals surface area contributed by atoms with E-state index in [1.54, 1.807) is 0 Å². The SMILES string of the molecule is CCCC1CC1NS(=O)(=O)c1csc(C(=O)O)c1. The minimum atomic E-state index is -3.56. The fourth-order valence-corrected chi connectivity index (χ4v) is 4.35. The van der Waals surface area contributed by atoms with Gasteiger partial charge in [-0.15, -0.1) is 11.3 Å². The zero-order valence-corrected chi connectivity index (χ0v) is 11.6. The Kier molecular flexibility index (Phi) is 3.74. The van der Waals surface area contributed by atoms with E-state index in [1.165, 1.54) is 11.4 Å². The average Bonchev–Trinajstić information content (AvgIpc) is 2.83. The van der Waals surface area contributed by atoms with Crippen molar-refractivity contribution >= 4 is 27.3 Å². The number of aromatic carboxylic acids is 1. The van der Waals surface area contributed by atoms with E-state index in [0.29, 0.717) is 5.92 Å². The summed E-state index contributed by atoms with van der Waals surface area (Å²) in [5.41, 5.74) is 0. The van der Waals surface area contributed by atoms with E-state index in [2.05, 4.69) is 11.6 Å². The Bertz CT molecular complexity index is 549. The highest BCUT2D eigenvalue weighted by molar-refractivity contribution is 7.89. The fraction of sp³-hybridized carbons (Fsp3) is 0.545. The number of hydrogen-bond donors (Lipinski definition) is 2. The summed E-state index contributed by atoms with van der Waals surface area (Å²) in [5, 5.41) is 10.1. The second kappa shape index (κ2) is 4.99. The van der Waals surface area contributed by atoms with Crippen LogP contribution in [0.2, 0.25) is 0 Å².